The van der Waals surface area contributed by atoms with E-state index in [1.165, 1.54) is 0 Å². The Labute approximate surface area is 113 Å². The third kappa shape index (κ3) is 6.61. The lowest BCUT2D eigenvalue weighted by atomic mass is 10.4. The van der Waals surface area contributed by atoms with Gasteiger partial charge in [-0.05, 0) is 12.8 Å². The van der Waals surface area contributed by atoms with Crippen LogP contribution in [-0.2, 0) is 4.74 Å². The standard InChI is InChI=1S/C12H20ClN3O2/c1-2-6-18-12-10-14-9-11(16-12)15-5-3-7-17-8-4-13/h9-10H,2-8H2,1H3,(H,15,16). The number of hydrogen-bond acceptors (Lipinski definition) is 5. The Hall–Kier alpha value is -1.07. The highest BCUT2D eigenvalue weighted by Crippen LogP contribution is 2.09. The maximum Gasteiger partial charge on any atom is 0.234 e. The first-order valence-electron chi connectivity index (χ1n) is 6.19. The topological polar surface area (TPSA) is 56.3 Å². The van der Waals surface area contributed by atoms with Crippen molar-refractivity contribution in [2.45, 2.75) is 19.8 Å². The third-order valence-electron chi connectivity index (χ3n) is 2.06. The molecule has 1 aromatic heterocycles. The van der Waals surface area contributed by atoms with Crippen molar-refractivity contribution in [1.29, 1.82) is 0 Å². The molecule has 0 aliphatic heterocycles. The Morgan fingerprint density at radius 1 is 1.28 bits per heavy atom. The predicted molar refractivity (Wildman–Crippen MR) is 72.5 cm³/mol. The van der Waals surface area contributed by atoms with Crippen LogP contribution in [0.1, 0.15) is 19.8 Å². The second-order valence-corrected chi connectivity index (χ2v) is 4.05. The molecule has 6 heteroatoms. The van der Waals surface area contributed by atoms with Gasteiger partial charge in [0.25, 0.3) is 0 Å². The van der Waals surface area contributed by atoms with Crippen molar-refractivity contribution in [1.82, 2.24) is 9.97 Å². The summed E-state index contributed by atoms with van der Waals surface area (Å²) in [6, 6.07) is 0. The average molecular weight is 274 g/mol. The Morgan fingerprint density at radius 2 is 2.17 bits per heavy atom. The van der Waals surface area contributed by atoms with Crippen LogP contribution in [0.5, 0.6) is 5.88 Å². The Balaban J connectivity index is 2.20. The summed E-state index contributed by atoms with van der Waals surface area (Å²) >= 11 is 5.50. The van der Waals surface area contributed by atoms with E-state index in [1.807, 2.05) is 0 Å². The van der Waals surface area contributed by atoms with Crippen LogP contribution in [0.4, 0.5) is 5.82 Å². The molecule has 0 spiro atoms. The van der Waals surface area contributed by atoms with Crippen LogP contribution < -0.4 is 10.1 Å². The van der Waals surface area contributed by atoms with E-state index in [0.29, 0.717) is 31.6 Å². The van der Waals surface area contributed by atoms with E-state index in [4.69, 9.17) is 21.1 Å². The molecular weight excluding hydrogens is 254 g/mol. The lowest BCUT2D eigenvalue weighted by Gasteiger charge is -2.07. The number of alkyl halides is 1. The molecule has 102 valence electrons. The van der Waals surface area contributed by atoms with Crippen LogP contribution >= 0.6 is 11.6 Å². The monoisotopic (exact) mass is 273 g/mol. The molecule has 0 amide bonds. The summed E-state index contributed by atoms with van der Waals surface area (Å²) in [5, 5.41) is 3.17. The molecule has 18 heavy (non-hydrogen) atoms. The van der Waals surface area contributed by atoms with E-state index in [-0.39, 0.29) is 0 Å². The van der Waals surface area contributed by atoms with E-state index in [9.17, 15) is 0 Å². The molecule has 0 bridgehead atoms. The summed E-state index contributed by atoms with van der Waals surface area (Å²) < 4.78 is 10.7. The SMILES string of the molecule is CCCOc1cncc(NCCCOCCCl)n1. The molecule has 0 saturated heterocycles. The van der Waals surface area contributed by atoms with Crippen LogP contribution in [0, 0.1) is 0 Å². The molecule has 0 fully saturated rings. The molecule has 1 N–H and O–H groups in total. The van der Waals surface area contributed by atoms with Gasteiger partial charge in [-0.15, -0.1) is 11.6 Å². The van der Waals surface area contributed by atoms with Gasteiger partial charge < -0.3 is 14.8 Å². The molecule has 0 atom stereocenters. The zero-order valence-electron chi connectivity index (χ0n) is 10.7. The summed E-state index contributed by atoms with van der Waals surface area (Å²) in [5.41, 5.74) is 0. The van der Waals surface area contributed by atoms with Gasteiger partial charge in [-0.1, -0.05) is 6.92 Å². The lowest BCUT2D eigenvalue weighted by Crippen LogP contribution is -2.08. The minimum absolute atomic E-state index is 0.537. The normalized spacial score (nSPS) is 10.3. The number of aromatic nitrogens is 2. The maximum atomic E-state index is 5.50. The van der Waals surface area contributed by atoms with E-state index < -0.39 is 0 Å². The van der Waals surface area contributed by atoms with Gasteiger partial charge in [0.1, 0.15) is 5.82 Å². The van der Waals surface area contributed by atoms with Crippen molar-refractivity contribution >= 4 is 17.4 Å². The summed E-state index contributed by atoms with van der Waals surface area (Å²) in [6.07, 6.45) is 5.15. The molecule has 5 nitrogen and oxygen atoms in total. The van der Waals surface area contributed by atoms with Crippen molar-refractivity contribution < 1.29 is 9.47 Å². The van der Waals surface area contributed by atoms with Crippen molar-refractivity contribution in [3.63, 3.8) is 0 Å². The number of rotatable bonds is 10. The van der Waals surface area contributed by atoms with Gasteiger partial charge in [0.2, 0.25) is 5.88 Å². The molecule has 0 radical (unpaired) electrons. The van der Waals surface area contributed by atoms with Crippen molar-refractivity contribution in [3.05, 3.63) is 12.4 Å². The van der Waals surface area contributed by atoms with Gasteiger partial charge in [0.15, 0.2) is 0 Å². The first-order valence-corrected chi connectivity index (χ1v) is 6.72. The van der Waals surface area contributed by atoms with Crippen LogP contribution in [0.15, 0.2) is 12.4 Å². The summed E-state index contributed by atoms with van der Waals surface area (Å²) in [7, 11) is 0. The molecule has 1 rings (SSSR count). The number of nitrogens with zero attached hydrogens (tertiary/aromatic N) is 2. The molecule has 0 unspecified atom stereocenters. The third-order valence-corrected chi connectivity index (χ3v) is 2.21. The fourth-order valence-corrected chi connectivity index (χ4v) is 1.37. The van der Waals surface area contributed by atoms with Gasteiger partial charge in [-0.3, -0.25) is 4.98 Å². The molecular formula is C12H20ClN3O2. The Kier molecular flexibility index (Phi) is 8.25. The van der Waals surface area contributed by atoms with Gasteiger partial charge in [-0.2, -0.15) is 4.98 Å². The van der Waals surface area contributed by atoms with Crippen LogP contribution in [-0.4, -0.2) is 42.2 Å². The summed E-state index contributed by atoms with van der Waals surface area (Å²) in [5.74, 6) is 1.82. The summed E-state index contributed by atoms with van der Waals surface area (Å²) in [4.78, 5) is 8.35. The van der Waals surface area contributed by atoms with Gasteiger partial charge in [-0.25, -0.2) is 0 Å². The second-order valence-electron chi connectivity index (χ2n) is 3.67. The summed E-state index contributed by atoms with van der Waals surface area (Å²) in [6.45, 7) is 4.79. The molecule has 0 aliphatic rings. The van der Waals surface area contributed by atoms with Crippen molar-refractivity contribution in [3.8, 4) is 5.88 Å². The van der Waals surface area contributed by atoms with Gasteiger partial charge in [0.05, 0.1) is 25.6 Å². The Morgan fingerprint density at radius 3 is 2.94 bits per heavy atom. The molecule has 0 aromatic carbocycles. The molecule has 1 heterocycles. The van der Waals surface area contributed by atoms with Crippen molar-refractivity contribution in [2.75, 3.05) is 37.6 Å². The minimum atomic E-state index is 0.537. The predicted octanol–water partition coefficient (Wildman–Crippen LogP) is 2.32. The van der Waals surface area contributed by atoms with Crippen LogP contribution in [0.25, 0.3) is 0 Å². The molecule has 0 aliphatic carbocycles. The molecule has 1 aromatic rings. The van der Waals surface area contributed by atoms with Crippen molar-refractivity contribution in [2.24, 2.45) is 0 Å². The zero-order valence-corrected chi connectivity index (χ0v) is 11.4. The number of halogens is 1. The largest absolute Gasteiger partial charge is 0.477 e. The molecule has 0 saturated carbocycles. The second kappa shape index (κ2) is 9.91. The Bertz CT molecular complexity index is 326. The smallest absolute Gasteiger partial charge is 0.234 e. The van der Waals surface area contributed by atoms with Crippen LogP contribution in [0.3, 0.4) is 0 Å². The highest BCUT2D eigenvalue weighted by atomic mass is 35.5. The fraction of sp³-hybridized carbons (Fsp3) is 0.667. The highest BCUT2D eigenvalue weighted by Gasteiger charge is 1.98. The number of hydrogen-bond donors (Lipinski definition) is 1. The average Bonchev–Trinajstić information content (AvgIpc) is 2.41. The van der Waals surface area contributed by atoms with E-state index >= 15 is 0 Å². The van der Waals surface area contributed by atoms with Gasteiger partial charge in [0, 0.05) is 19.0 Å². The van der Waals surface area contributed by atoms with E-state index in [1.54, 1.807) is 12.4 Å². The maximum absolute atomic E-state index is 5.50. The van der Waals surface area contributed by atoms with E-state index in [2.05, 4.69) is 22.2 Å². The quantitative estimate of drug-likeness (QED) is 0.524. The van der Waals surface area contributed by atoms with E-state index in [0.717, 1.165) is 25.2 Å². The first-order chi connectivity index (χ1) is 8.86. The number of nitrogens with one attached hydrogen (secondary N) is 1. The van der Waals surface area contributed by atoms with Gasteiger partial charge >= 0.3 is 0 Å². The lowest BCUT2D eigenvalue weighted by molar-refractivity contribution is 0.149. The van der Waals surface area contributed by atoms with Crippen LogP contribution in [0.2, 0.25) is 0 Å². The first kappa shape index (κ1) is 15.0. The minimum Gasteiger partial charge on any atom is -0.477 e. The number of anilines is 1. The zero-order chi connectivity index (χ0) is 13.1. The number of ether oxygens (including phenoxy) is 2. The highest BCUT2D eigenvalue weighted by molar-refractivity contribution is 6.17. The fourth-order valence-electron chi connectivity index (χ4n) is 1.26.